The Morgan fingerprint density at radius 1 is 1.71 bits per heavy atom. The van der Waals surface area contributed by atoms with Crippen LogP contribution in [0.1, 0.15) is 29.4 Å². The van der Waals surface area contributed by atoms with Crippen LogP contribution in [0, 0.1) is 5.92 Å². The molecule has 0 amide bonds. The van der Waals surface area contributed by atoms with Crippen molar-refractivity contribution in [2.24, 2.45) is 5.92 Å². The van der Waals surface area contributed by atoms with Gasteiger partial charge in [-0.15, -0.1) is 0 Å². The molecule has 2 rings (SSSR count). The summed E-state index contributed by atoms with van der Waals surface area (Å²) in [7, 11) is 1.35. The number of esters is 1. The van der Waals surface area contributed by atoms with Crippen molar-refractivity contribution in [2.45, 2.75) is 19.8 Å². The number of halogens is 1. The number of hydrogen-bond acceptors (Lipinski definition) is 5. The van der Waals surface area contributed by atoms with Crippen LogP contribution in [0.3, 0.4) is 0 Å². The first-order valence-corrected chi connectivity index (χ1v) is 6.84. The Labute approximate surface area is 110 Å². The van der Waals surface area contributed by atoms with Crippen LogP contribution in [0.25, 0.3) is 0 Å². The molecule has 94 valence electrons. The number of aromatic nitrogens is 1. The monoisotopic (exact) mass is 274 g/mol. The van der Waals surface area contributed by atoms with E-state index in [1.54, 1.807) is 0 Å². The maximum atomic E-state index is 11.4. The third kappa shape index (κ3) is 2.55. The highest BCUT2D eigenvalue weighted by Gasteiger charge is 2.26. The average Bonchev–Trinajstić information content (AvgIpc) is 2.94. The van der Waals surface area contributed by atoms with E-state index >= 15 is 0 Å². The molecule has 1 saturated heterocycles. The minimum atomic E-state index is -0.412. The van der Waals surface area contributed by atoms with E-state index in [2.05, 4.69) is 21.5 Å². The number of carbonyl (C=O) groups excluding carboxylic acids is 1. The van der Waals surface area contributed by atoms with Crippen LogP contribution in [0.5, 0.6) is 0 Å². The van der Waals surface area contributed by atoms with Crippen molar-refractivity contribution in [3.8, 4) is 0 Å². The maximum absolute atomic E-state index is 11.4. The van der Waals surface area contributed by atoms with E-state index in [9.17, 15) is 4.79 Å². The van der Waals surface area contributed by atoms with Gasteiger partial charge in [0, 0.05) is 13.1 Å². The largest absolute Gasteiger partial charge is 0.465 e. The fourth-order valence-electron chi connectivity index (χ4n) is 1.98. The molecule has 0 spiro atoms. The number of methoxy groups -OCH3 is 1. The van der Waals surface area contributed by atoms with E-state index in [4.69, 9.17) is 11.6 Å². The van der Waals surface area contributed by atoms with Crippen molar-refractivity contribution in [1.29, 1.82) is 0 Å². The van der Waals surface area contributed by atoms with Gasteiger partial charge in [0.25, 0.3) is 0 Å². The van der Waals surface area contributed by atoms with Crippen molar-refractivity contribution in [2.75, 3.05) is 25.1 Å². The molecule has 1 unspecified atom stereocenters. The van der Waals surface area contributed by atoms with E-state index in [1.165, 1.54) is 31.3 Å². The quantitative estimate of drug-likeness (QED) is 0.795. The molecule has 0 aliphatic carbocycles. The summed E-state index contributed by atoms with van der Waals surface area (Å²) in [5.41, 5.74) is 0. The number of rotatable bonds is 3. The van der Waals surface area contributed by atoms with Crippen LogP contribution in [0.4, 0.5) is 5.13 Å². The van der Waals surface area contributed by atoms with Crippen molar-refractivity contribution in [3.05, 3.63) is 10.0 Å². The lowest BCUT2D eigenvalue weighted by atomic mass is 10.1. The molecule has 1 aromatic rings. The highest BCUT2D eigenvalue weighted by molar-refractivity contribution is 7.18. The van der Waals surface area contributed by atoms with E-state index in [0.29, 0.717) is 4.88 Å². The molecular formula is C11H15ClN2O2S. The highest BCUT2D eigenvalue weighted by Crippen LogP contribution is 2.33. The predicted molar refractivity (Wildman–Crippen MR) is 69.1 cm³/mol. The lowest BCUT2D eigenvalue weighted by Gasteiger charge is -2.13. The Hall–Kier alpha value is -0.810. The van der Waals surface area contributed by atoms with E-state index in [1.807, 2.05) is 0 Å². The zero-order chi connectivity index (χ0) is 12.4. The van der Waals surface area contributed by atoms with Crippen molar-refractivity contribution in [3.63, 3.8) is 0 Å². The Morgan fingerprint density at radius 2 is 2.47 bits per heavy atom. The first kappa shape index (κ1) is 12.6. The summed E-state index contributed by atoms with van der Waals surface area (Å²) in [6, 6.07) is 0. The Balaban J connectivity index is 2.15. The van der Waals surface area contributed by atoms with E-state index in [-0.39, 0.29) is 5.15 Å². The average molecular weight is 275 g/mol. The molecule has 0 aromatic carbocycles. The number of thiazole rings is 1. The molecule has 4 nitrogen and oxygen atoms in total. The zero-order valence-electron chi connectivity index (χ0n) is 9.90. The van der Waals surface area contributed by atoms with Gasteiger partial charge >= 0.3 is 5.97 Å². The molecule has 2 heterocycles. The SMILES string of the molecule is CCC1CCN(c2nc(Cl)c(C(=O)OC)s2)C1. The molecule has 1 aromatic heterocycles. The maximum Gasteiger partial charge on any atom is 0.351 e. The number of anilines is 1. The van der Waals surface area contributed by atoms with Gasteiger partial charge in [0.1, 0.15) is 0 Å². The summed E-state index contributed by atoms with van der Waals surface area (Å²) in [5, 5.41) is 1.07. The summed E-state index contributed by atoms with van der Waals surface area (Å²) in [5.74, 6) is 0.309. The minimum Gasteiger partial charge on any atom is -0.465 e. The molecule has 0 saturated carbocycles. The third-order valence-corrected chi connectivity index (χ3v) is 4.56. The second kappa shape index (κ2) is 5.23. The van der Waals surface area contributed by atoms with Gasteiger partial charge in [-0.1, -0.05) is 36.3 Å². The number of nitrogens with zero attached hydrogens (tertiary/aromatic N) is 2. The van der Waals surface area contributed by atoms with Crippen LogP contribution in [0.2, 0.25) is 5.15 Å². The summed E-state index contributed by atoms with van der Waals surface area (Å²) in [4.78, 5) is 18.3. The lowest BCUT2D eigenvalue weighted by molar-refractivity contribution is 0.0606. The fourth-order valence-corrected chi connectivity index (χ4v) is 3.22. The second-order valence-corrected chi connectivity index (χ2v) is 5.45. The standard InChI is InChI=1S/C11H15ClN2O2S/c1-3-7-4-5-14(6-7)11-13-9(12)8(17-11)10(15)16-2/h7H,3-6H2,1-2H3. The van der Waals surface area contributed by atoms with Gasteiger partial charge in [-0.25, -0.2) is 9.78 Å². The third-order valence-electron chi connectivity index (χ3n) is 3.08. The van der Waals surface area contributed by atoms with E-state index in [0.717, 1.165) is 24.1 Å². The molecule has 1 aliphatic rings. The minimum absolute atomic E-state index is 0.247. The van der Waals surface area contributed by atoms with Gasteiger partial charge < -0.3 is 9.64 Å². The topological polar surface area (TPSA) is 42.4 Å². The molecule has 17 heavy (non-hydrogen) atoms. The first-order valence-electron chi connectivity index (χ1n) is 5.65. The zero-order valence-corrected chi connectivity index (χ0v) is 11.5. The molecular weight excluding hydrogens is 260 g/mol. The molecule has 1 aliphatic heterocycles. The van der Waals surface area contributed by atoms with Gasteiger partial charge in [-0.2, -0.15) is 0 Å². The Kier molecular flexibility index (Phi) is 3.89. The van der Waals surface area contributed by atoms with Gasteiger partial charge in [-0.3, -0.25) is 0 Å². The van der Waals surface area contributed by atoms with Crippen LogP contribution >= 0.6 is 22.9 Å². The summed E-state index contributed by atoms with van der Waals surface area (Å²) < 4.78 is 4.66. The Morgan fingerprint density at radius 3 is 3.06 bits per heavy atom. The number of hydrogen-bond donors (Lipinski definition) is 0. The van der Waals surface area contributed by atoms with Gasteiger partial charge in [0.15, 0.2) is 15.2 Å². The summed E-state index contributed by atoms with van der Waals surface area (Å²) in [6.07, 6.45) is 2.36. The van der Waals surface area contributed by atoms with Crippen LogP contribution in [0.15, 0.2) is 0 Å². The molecule has 1 atom stereocenters. The molecule has 1 fully saturated rings. The first-order chi connectivity index (χ1) is 8.15. The molecule has 0 N–H and O–H groups in total. The van der Waals surface area contributed by atoms with Crippen molar-refractivity contribution < 1.29 is 9.53 Å². The van der Waals surface area contributed by atoms with Gasteiger partial charge in [0.2, 0.25) is 0 Å². The smallest absolute Gasteiger partial charge is 0.351 e. The fraction of sp³-hybridized carbons (Fsp3) is 0.636. The van der Waals surface area contributed by atoms with Gasteiger partial charge in [0.05, 0.1) is 7.11 Å². The van der Waals surface area contributed by atoms with Gasteiger partial charge in [-0.05, 0) is 12.3 Å². The number of ether oxygens (including phenoxy) is 1. The normalized spacial score (nSPS) is 19.7. The lowest BCUT2D eigenvalue weighted by Crippen LogP contribution is -2.19. The van der Waals surface area contributed by atoms with Crippen molar-refractivity contribution in [1.82, 2.24) is 4.98 Å². The van der Waals surface area contributed by atoms with Crippen LogP contribution in [-0.4, -0.2) is 31.2 Å². The van der Waals surface area contributed by atoms with Crippen LogP contribution in [-0.2, 0) is 4.74 Å². The predicted octanol–water partition coefficient (Wildman–Crippen LogP) is 2.82. The molecule has 6 heteroatoms. The van der Waals surface area contributed by atoms with Crippen LogP contribution < -0.4 is 4.90 Å². The second-order valence-electron chi connectivity index (χ2n) is 4.12. The Bertz CT molecular complexity index is 422. The summed E-state index contributed by atoms with van der Waals surface area (Å²) in [6.45, 7) is 4.19. The number of carbonyl (C=O) groups is 1. The summed E-state index contributed by atoms with van der Waals surface area (Å²) >= 11 is 7.25. The molecule has 0 bridgehead atoms. The molecule has 0 radical (unpaired) electrons. The highest BCUT2D eigenvalue weighted by atomic mass is 35.5. The van der Waals surface area contributed by atoms with E-state index < -0.39 is 5.97 Å². The van der Waals surface area contributed by atoms with Crippen molar-refractivity contribution >= 4 is 34.0 Å².